The van der Waals surface area contributed by atoms with Gasteiger partial charge < -0.3 is 14.7 Å². The Bertz CT molecular complexity index is 272. The van der Waals surface area contributed by atoms with Crippen LogP contribution in [0, 0.1) is 11.8 Å². The van der Waals surface area contributed by atoms with Crippen molar-refractivity contribution in [3.63, 3.8) is 0 Å². The highest BCUT2D eigenvalue weighted by atomic mass is 16.6. The molecule has 1 amide bonds. The number of rotatable bonds is 1. The smallest absolute Gasteiger partial charge is 0.410 e. The van der Waals surface area contributed by atoms with Gasteiger partial charge in [0.15, 0.2) is 0 Å². The molecule has 3 atom stereocenters. The highest BCUT2D eigenvalue weighted by molar-refractivity contribution is 5.68. The van der Waals surface area contributed by atoms with E-state index in [4.69, 9.17) is 4.74 Å². The summed E-state index contributed by atoms with van der Waals surface area (Å²) in [7, 11) is 0. The molecule has 1 N–H and O–H groups in total. The van der Waals surface area contributed by atoms with Crippen LogP contribution in [0.3, 0.4) is 0 Å². The summed E-state index contributed by atoms with van der Waals surface area (Å²) in [6.45, 7) is 10.6. The van der Waals surface area contributed by atoms with Gasteiger partial charge in [0.25, 0.3) is 0 Å². The molecular weight excluding hydrogens is 218 g/mol. The van der Waals surface area contributed by atoms with Gasteiger partial charge in [-0.1, -0.05) is 6.92 Å². The molecule has 1 fully saturated rings. The van der Waals surface area contributed by atoms with Crippen LogP contribution in [0.15, 0.2) is 0 Å². The first-order valence-electron chi connectivity index (χ1n) is 6.35. The Hall–Kier alpha value is -0.770. The molecule has 1 aliphatic heterocycles. The summed E-state index contributed by atoms with van der Waals surface area (Å²) in [4.78, 5) is 13.8. The molecule has 1 rings (SSSR count). The predicted octanol–water partition coefficient (Wildman–Crippen LogP) is 2.26. The van der Waals surface area contributed by atoms with E-state index in [-0.39, 0.29) is 18.7 Å². The van der Waals surface area contributed by atoms with Crippen molar-refractivity contribution in [2.75, 3.05) is 13.2 Å². The lowest BCUT2D eigenvalue weighted by Gasteiger charge is -2.41. The van der Waals surface area contributed by atoms with Crippen molar-refractivity contribution in [2.45, 2.75) is 52.7 Å². The Balaban J connectivity index is 2.63. The van der Waals surface area contributed by atoms with Crippen LogP contribution in [0.1, 0.15) is 41.0 Å². The number of nitrogens with zero attached hydrogens (tertiary/aromatic N) is 1. The van der Waals surface area contributed by atoms with E-state index in [1.165, 1.54) is 0 Å². The van der Waals surface area contributed by atoms with E-state index < -0.39 is 5.60 Å². The van der Waals surface area contributed by atoms with Gasteiger partial charge in [0.2, 0.25) is 0 Å². The second kappa shape index (κ2) is 5.25. The lowest BCUT2D eigenvalue weighted by molar-refractivity contribution is -0.00811. The Morgan fingerprint density at radius 2 is 2.00 bits per heavy atom. The fourth-order valence-electron chi connectivity index (χ4n) is 2.27. The maximum Gasteiger partial charge on any atom is 0.410 e. The van der Waals surface area contributed by atoms with Crippen molar-refractivity contribution in [3.8, 4) is 0 Å². The molecule has 1 saturated heterocycles. The van der Waals surface area contributed by atoms with Crippen molar-refractivity contribution >= 4 is 6.09 Å². The quantitative estimate of drug-likeness (QED) is 0.768. The van der Waals surface area contributed by atoms with Gasteiger partial charge in [-0.15, -0.1) is 0 Å². The van der Waals surface area contributed by atoms with Crippen LogP contribution in [-0.4, -0.2) is 40.9 Å². The number of ether oxygens (including phenoxy) is 1. The molecule has 0 radical (unpaired) electrons. The molecule has 0 spiro atoms. The predicted molar refractivity (Wildman–Crippen MR) is 66.8 cm³/mol. The Morgan fingerprint density at radius 1 is 1.41 bits per heavy atom. The fourth-order valence-corrected chi connectivity index (χ4v) is 2.27. The maximum atomic E-state index is 12.0. The zero-order chi connectivity index (χ0) is 13.2. The van der Waals surface area contributed by atoms with E-state index in [1.807, 2.05) is 27.7 Å². The zero-order valence-electron chi connectivity index (χ0n) is 11.6. The van der Waals surface area contributed by atoms with E-state index in [0.717, 1.165) is 6.42 Å². The lowest BCUT2D eigenvalue weighted by atomic mass is 9.84. The average Bonchev–Trinajstić information content (AvgIpc) is 2.18. The summed E-state index contributed by atoms with van der Waals surface area (Å²) in [5.74, 6) is 0.618. The Labute approximate surface area is 104 Å². The summed E-state index contributed by atoms with van der Waals surface area (Å²) in [5, 5.41) is 9.26. The number of carbonyl (C=O) groups is 1. The number of piperidine rings is 1. The van der Waals surface area contributed by atoms with Crippen molar-refractivity contribution in [2.24, 2.45) is 11.8 Å². The normalized spacial score (nSPS) is 30.2. The van der Waals surface area contributed by atoms with Crippen LogP contribution in [0.5, 0.6) is 0 Å². The van der Waals surface area contributed by atoms with E-state index in [1.54, 1.807) is 4.90 Å². The molecule has 4 nitrogen and oxygen atoms in total. The third-order valence-electron chi connectivity index (χ3n) is 3.33. The Kier molecular flexibility index (Phi) is 4.42. The number of aliphatic hydroxyl groups is 1. The molecule has 0 saturated carbocycles. The van der Waals surface area contributed by atoms with E-state index in [0.29, 0.717) is 18.4 Å². The van der Waals surface area contributed by atoms with Crippen molar-refractivity contribution in [1.29, 1.82) is 0 Å². The fraction of sp³-hybridized carbons (Fsp3) is 0.923. The van der Waals surface area contributed by atoms with Gasteiger partial charge in [0.05, 0.1) is 0 Å². The number of carbonyl (C=O) groups excluding carboxylic acids is 1. The number of hydrogen-bond acceptors (Lipinski definition) is 3. The lowest BCUT2D eigenvalue weighted by Crippen LogP contribution is -2.50. The molecule has 0 aliphatic carbocycles. The molecule has 100 valence electrons. The second-order valence-corrected chi connectivity index (χ2v) is 6.14. The van der Waals surface area contributed by atoms with Gasteiger partial charge in [-0.3, -0.25) is 0 Å². The minimum atomic E-state index is -0.451. The SMILES string of the molecule is CC1CN(C(=O)OC(C)(C)C)C(C)CC1CO. The second-order valence-electron chi connectivity index (χ2n) is 6.14. The highest BCUT2D eigenvalue weighted by Crippen LogP contribution is 2.28. The molecule has 0 aromatic heterocycles. The molecule has 4 heteroatoms. The van der Waals surface area contributed by atoms with E-state index >= 15 is 0 Å². The third kappa shape index (κ3) is 3.87. The molecule has 0 aromatic carbocycles. The molecule has 17 heavy (non-hydrogen) atoms. The average molecular weight is 243 g/mol. The zero-order valence-corrected chi connectivity index (χ0v) is 11.6. The van der Waals surface area contributed by atoms with Gasteiger partial charge in [-0.05, 0) is 46.0 Å². The largest absolute Gasteiger partial charge is 0.444 e. The summed E-state index contributed by atoms with van der Waals surface area (Å²) < 4.78 is 5.39. The molecule has 1 heterocycles. The van der Waals surface area contributed by atoms with Crippen LogP contribution < -0.4 is 0 Å². The molecular formula is C13H25NO3. The summed E-state index contributed by atoms with van der Waals surface area (Å²) >= 11 is 0. The monoisotopic (exact) mass is 243 g/mol. The summed E-state index contributed by atoms with van der Waals surface area (Å²) in [6.07, 6.45) is 0.602. The van der Waals surface area contributed by atoms with Crippen LogP contribution in [0.2, 0.25) is 0 Å². The van der Waals surface area contributed by atoms with Gasteiger partial charge in [0, 0.05) is 19.2 Å². The third-order valence-corrected chi connectivity index (χ3v) is 3.33. The van der Waals surface area contributed by atoms with Gasteiger partial charge >= 0.3 is 6.09 Å². The van der Waals surface area contributed by atoms with Crippen LogP contribution in [0.4, 0.5) is 4.79 Å². The van der Waals surface area contributed by atoms with E-state index in [2.05, 4.69) is 6.92 Å². The number of aliphatic hydroxyl groups excluding tert-OH is 1. The summed E-state index contributed by atoms with van der Waals surface area (Å²) in [6, 6.07) is 0.137. The molecule has 0 bridgehead atoms. The van der Waals surface area contributed by atoms with Crippen LogP contribution in [-0.2, 0) is 4.74 Å². The van der Waals surface area contributed by atoms with Crippen molar-refractivity contribution in [1.82, 2.24) is 4.90 Å². The molecule has 3 unspecified atom stereocenters. The summed E-state index contributed by atoms with van der Waals surface area (Å²) in [5.41, 5.74) is -0.451. The molecule has 1 aliphatic rings. The topological polar surface area (TPSA) is 49.8 Å². The Morgan fingerprint density at radius 3 is 2.47 bits per heavy atom. The first-order chi connectivity index (χ1) is 7.74. The van der Waals surface area contributed by atoms with Crippen molar-refractivity contribution < 1.29 is 14.6 Å². The first-order valence-corrected chi connectivity index (χ1v) is 6.35. The van der Waals surface area contributed by atoms with Crippen molar-refractivity contribution in [3.05, 3.63) is 0 Å². The van der Waals surface area contributed by atoms with E-state index in [9.17, 15) is 9.90 Å². The van der Waals surface area contributed by atoms with Crippen LogP contribution in [0.25, 0.3) is 0 Å². The molecule has 0 aromatic rings. The van der Waals surface area contributed by atoms with Gasteiger partial charge in [0.1, 0.15) is 5.60 Å². The number of amides is 1. The van der Waals surface area contributed by atoms with Crippen LogP contribution >= 0.6 is 0 Å². The highest BCUT2D eigenvalue weighted by Gasteiger charge is 2.35. The standard InChI is InChI=1S/C13H25NO3/c1-9-7-14(10(2)6-11(9)8-15)12(16)17-13(3,4)5/h9-11,15H,6-8H2,1-5H3. The van der Waals surface area contributed by atoms with Gasteiger partial charge in [-0.25, -0.2) is 4.79 Å². The minimum absolute atomic E-state index is 0.137. The first kappa shape index (κ1) is 14.3. The van der Waals surface area contributed by atoms with Gasteiger partial charge in [-0.2, -0.15) is 0 Å². The number of likely N-dealkylation sites (tertiary alicyclic amines) is 1. The minimum Gasteiger partial charge on any atom is -0.444 e. The number of hydrogen-bond donors (Lipinski definition) is 1. The maximum absolute atomic E-state index is 12.0.